The van der Waals surface area contributed by atoms with Gasteiger partial charge in [0.05, 0.1) is 14.2 Å². The molecular weight excluding hydrogens is 520 g/mol. The van der Waals surface area contributed by atoms with Crippen molar-refractivity contribution in [3.05, 3.63) is 42.0 Å². The Balaban J connectivity index is 2.37. The van der Waals surface area contributed by atoms with Crippen molar-refractivity contribution in [2.75, 3.05) is 14.2 Å². The minimum atomic E-state index is -0.342. The molecule has 230 valence electrons. The van der Waals surface area contributed by atoms with Gasteiger partial charge in [-0.15, -0.1) is 0 Å². The number of allylic oxidation sites excluding steroid dienone is 1. The molecular formula is C34H52O7. The number of Topliss-reactive ketones (excluding diaryl/α,β-unsaturated/α-hetero) is 1. The lowest BCUT2D eigenvalue weighted by molar-refractivity contribution is -0.149. The van der Waals surface area contributed by atoms with Gasteiger partial charge in [0, 0.05) is 25.3 Å². The standard InChI is InChI=1S/C34H52O7/c1-6-7-8-15-18-30(41-34(37)24-22-29-21-23-31(38-4)32(26-29)39-5)19-16-13-11-9-10-12-14-17-20-33(36)40-28(3)25-27(2)35/h13,16,21-24,26,28,30H,6-12,14-15,17-20,25H2,1-5H3/b16-13-,24-22+. The number of rotatable bonds is 23. The molecule has 0 aliphatic rings. The first-order valence-corrected chi connectivity index (χ1v) is 15.2. The molecule has 2 unspecified atom stereocenters. The zero-order chi connectivity index (χ0) is 30.3. The van der Waals surface area contributed by atoms with E-state index in [-0.39, 0.29) is 36.4 Å². The van der Waals surface area contributed by atoms with Crippen molar-refractivity contribution in [2.24, 2.45) is 0 Å². The zero-order valence-electron chi connectivity index (χ0n) is 26.0. The van der Waals surface area contributed by atoms with Crippen LogP contribution in [0.15, 0.2) is 36.4 Å². The van der Waals surface area contributed by atoms with E-state index in [1.54, 1.807) is 27.2 Å². The molecule has 0 aromatic heterocycles. The van der Waals surface area contributed by atoms with E-state index in [2.05, 4.69) is 19.1 Å². The number of carbonyl (C=O) groups is 3. The first-order valence-electron chi connectivity index (χ1n) is 15.2. The minimum Gasteiger partial charge on any atom is -0.493 e. The number of hydrogen-bond donors (Lipinski definition) is 0. The largest absolute Gasteiger partial charge is 0.493 e. The lowest BCUT2D eigenvalue weighted by Gasteiger charge is -2.15. The molecule has 7 nitrogen and oxygen atoms in total. The molecule has 0 bridgehead atoms. The molecule has 0 radical (unpaired) electrons. The van der Waals surface area contributed by atoms with Crippen LogP contribution in [0.2, 0.25) is 0 Å². The maximum Gasteiger partial charge on any atom is 0.331 e. The van der Waals surface area contributed by atoms with Crippen molar-refractivity contribution < 1.29 is 33.3 Å². The van der Waals surface area contributed by atoms with Crippen molar-refractivity contribution in [1.82, 2.24) is 0 Å². The van der Waals surface area contributed by atoms with Gasteiger partial charge in [-0.2, -0.15) is 0 Å². The van der Waals surface area contributed by atoms with Crippen LogP contribution >= 0.6 is 0 Å². The van der Waals surface area contributed by atoms with Crippen LogP contribution in [0.1, 0.15) is 116 Å². The van der Waals surface area contributed by atoms with Crippen LogP contribution in [0.4, 0.5) is 0 Å². The quantitative estimate of drug-likeness (QED) is 0.0565. The van der Waals surface area contributed by atoms with E-state index in [1.807, 2.05) is 18.2 Å². The summed E-state index contributed by atoms with van der Waals surface area (Å²) in [6, 6.07) is 5.49. The summed E-state index contributed by atoms with van der Waals surface area (Å²) in [5, 5.41) is 0. The number of hydrogen-bond acceptors (Lipinski definition) is 7. The molecule has 0 saturated carbocycles. The summed E-state index contributed by atoms with van der Waals surface area (Å²) in [4.78, 5) is 35.5. The van der Waals surface area contributed by atoms with Crippen molar-refractivity contribution in [3.63, 3.8) is 0 Å². The van der Waals surface area contributed by atoms with Crippen molar-refractivity contribution in [3.8, 4) is 11.5 Å². The topological polar surface area (TPSA) is 88.1 Å². The third kappa shape index (κ3) is 18.1. The fourth-order valence-corrected chi connectivity index (χ4v) is 4.51. The molecule has 0 aliphatic carbocycles. The van der Waals surface area contributed by atoms with E-state index in [0.29, 0.717) is 24.3 Å². The lowest BCUT2D eigenvalue weighted by Crippen LogP contribution is -2.17. The minimum absolute atomic E-state index is 0.0300. The molecule has 0 N–H and O–H groups in total. The van der Waals surface area contributed by atoms with Gasteiger partial charge in [0.25, 0.3) is 0 Å². The molecule has 1 rings (SSSR count). The van der Waals surface area contributed by atoms with Crippen molar-refractivity contribution in [1.29, 1.82) is 0 Å². The highest BCUT2D eigenvalue weighted by atomic mass is 16.5. The molecule has 0 amide bonds. The monoisotopic (exact) mass is 572 g/mol. The van der Waals surface area contributed by atoms with Gasteiger partial charge < -0.3 is 18.9 Å². The Kier molecular flexibility index (Phi) is 19.8. The molecule has 7 heteroatoms. The highest BCUT2D eigenvalue weighted by molar-refractivity contribution is 5.87. The second kappa shape index (κ2) is 22.6. The average Bonchev–Trinajstić information content (AvgIpc) is 2.94. The van der Waals surface area contributed by atoms with Crippen LogP contribution in [-0.4, -0.2) is 44.1 Å². The van der Waals surface area contributed by atoms with Crippen LogP contribution in [0.3, 0.4) is 0 Å². The van der Waals surface area contributed by atoms with E-state index < -0.39 is 0 Å². The third-order valence-electron chi connectivity index (χ3n) is 6.71. The van der Waals surface area contributed by atoms with Crippen LogP contribution in [-0.2, 0) is 23.9 Å². The Morgan fingerprint density at radius 3 is 2.27 bits per heavy atom. The van der Waals surface area contributed by atoms with Gasteiger partial charge in [-0.1, -0.05) is 63.7 Å². The summed E-state index contributed by atoms with van der Waals surface area (Å²) in [5.41, 5.74) is 0.832. The van der Waals surface area contributed by atoms with E-state index >= 15 is 0 Å². The van der Waals surface area contributed by atoms with Gasteiger partial charge in [0.2, 0.25) is 0 Å². The van der Waals surface area contributed by atoms with Gasteiger partial charge in [0.1, 0.15) is 18.0 Å². The fourth-order valence-electron chi connectivity index (χ4n) is 4.51. The summed E-state index contributed by atoms with van der Waals surface area (Å²) in [7, 11) is 3.17. The number of unbranched alkanes of at least 4 members (excludes halogenated alkanes) is 8. The average molecular weight is 573 g/mol. The van der Waals surface area contributed by atoms with Crippen LogP contribution in [0.25, 0.3) is 6.08 Å². The van der Waals surface area contributed by atoms with Crippen LogP contribution < -0.4 is 9.47 Å². The van der Waals surface area contributed by atoms with E-state index in [0.717, 1.165) is 63.4 Å². The third-order valence-corrected chi connectivity index (χ3v) is 6.71. The predicted molar refractivity (Wildman–Crippen MR) is 164 cm³/mol. The second-order valence-electron chi connectivity index (χ2n) is 10.6. The second-order valence-corrected chi connectivity index (χ2v) is 10.6. The smallest absolute Gasteiger partial charge is 0.331 e. The number of benzene rings is 1. The SMILES string of the molecule is CCCCCCC(C/C=C\CCCCCCCC(=O)OC(C)CC(C)=O)OC(=O)/C=C/c1ccc(OC)c(OC)c1. The Labute approximate surface area is 247 Å². The molecule has 1 aromatic carbocycles. The number of ether oxygens (including phenoxy) is 4. The normalized spacial score (nSPS) is 12.8. The maximum absolute atomic E-state index is 12.6. The Hall–Kier alpha value is -3.09. The number of esters is 2. The zero-order valence-corrected chi connectivity index (χ0v) is 26.0. The number of ketones is 1. The molecule has 1 aromatic rings. The molecule has 0 aliphatic heterocycles. The molecule has 0 heterocycles. The summed E-state index contributed by atoms with van der Waals surface area (Å²) in [6.07, 6.45) is 19.9. The molecule has 41 heavy (non-hydrogen) atoms. The van der Waals surface area contributed by atoms with Gasteiger partial charge in [-0.05, 0) is 69.7 Å². The number of methoxy groups -OCH3 is 2. The summed E-state index contributed by atoms with van der Waals surface area (Å²) in [6.45, 7) is 5.44. The maximum atomic E-state index is 12.6. The van der Waals surface area contributed by atoms with Crippen LogP contribution in [0, 0.1) is 0 Å². The fraction of sp³-hybridized carbons (Fsp3) is 0.618. The van der Waals surface area contributed by atoms with Gasteiger partial charge >= 0.3 is 11.9 Å². The Bertz CT molecular complexity index is 950. The van der Waals surface area contributed by atoms with E-state index in [1.165, 1.54) is 25.8 Å². The molecule has 0 spiro atoms. The Morgan fingerprint density at radius 2 is 1.56 bits per heavy atom. The number of carbonyl (C=O) groups excluding carboxylic acids is 3. The van der Waals surface area contributed by atoms with Crippen LogP contribution in [0.5, 0.6) is 11.5 Å². The van der Waals surface area contributed by atoms with Gasteiger partial charge in [-0.25, -0.2) is 4.79 Å². The highest BCUT2D eigenvalue weighted by Crippen LogP contribution is 2.28. The van der Waals surface area contributed by atoms with Gasteiger partial charge in [0.15, 0.2) is 11.5 Å². The molecule has 0 fully saturated rings. The Morgan fingerprint density at radius 1 is 0.854 bits per heavy atom. The van der Waals surface area contributed by atoms with E-state index in [4.69, 9.17) is 18.9 Å². The predicted octanol–water partition coefficient (Wildman–Crippen LogP) is 8.19. The van der Waals surface area contributed by atoms with Crippen molar-refractivity contribution in [2.45, 2.75) is 123 Å². The first-order chi connectivity index (χ1) is 19.8. The van der Waals surface area contributed by atoms with Gasteiger partial charge in [-0.3, -0.25) is 9.59 Å². The van der Waals surface area contributed by atoms with E-state index in [9.17, 15) is 14.4 Å². The summed E-state index contributed by atoms with van der Waals surface area (Å²) < 4.78 is 21.6. The van der Waals surface area contributed by atoms with Crippen molar-refractivity contribution >= 4 is 23.8 Å². The summed E-state index contributed by atoms with van der Waals surface area (Å²) >= 11 is 0. The lowest BCUT2D eigenvalue weighted by atomic mass is 10.1. The summed E-state index contributed by atoms with van der Waals surface area (Å²) in [5.74, 6) is 0.719. The molecule has 2 atom stereocenters. The molecule has 0 saturated heterocycles. The first kappa shape index (κ1) is 35.9. The highest BCUT2D eigenvalue weighted by Gasteiger charge is 2.12.